The molecule has 96 valence electrons. The molecule has 4 heteroatoms. The molecule has 0 aliphatic heterocycles. The normalized spacial score (nSPS) is 13.4. The minimum atomic E-state index is -0.314. The fourth-order valence-electron chi connectivity index (χ4n) is 1.65. The minimum absolute atomic E-state index is 0.00866. The van der Waals surface area contributed by atoms with Crippen LogP contribution in [0.3, 0.4) is 0 Å². The SMILES string of the molecule is CC(c1cc(F)ccc1O)N(C)CCN(C)C. The summed E-state index contributed by atoms with van der Waals surface area (Å²) in [5, 5.41) is 9.73. The van der Waals surface area contributed by atoms with Gasteiger partial charge in [-0.25, -0.2) is 4.39 Å². The van der Waals surface area contributed by atoms with Crippen molar-refractivity contribution in [3.63, 3.8) is 0 Å². The molecule has 0 spiro atoms. The van der Waals surface area contributed by atoms with Gasteiger partial charge < -0.3 is 10.0 Å². The third-order valence-corrected chi connectivity index (χ3v) is 3.00. The highest BCUT2D eigenvalue weighted by atomic mass is 19.1. The second kappa shape index (κ2) is 5.98. The fraction of sp³-hybridized carbons (Fsp3) is 0.538. The van der Waals surface area contributed by atoms with Crippen LogP contribution in [0.2, 0.25) is 0 Å². The number of nitrogens with zero attached hydrogens (tertiary/aromatic N) is 2. The molecular weight excluding hydrogens is 219 g/mol. The van der Waals surface area contributed by atoms with E-state index in [1.807, 2.05) is 28.1 Å². The van der Waals surface area contributed by atoms with E-state index in [4.69, 9.17) is 0 Å². The summed E-state index contributed by atoms with van der Waals surface area (Å²) in [5.41, 5.74) is 0.631. The molecular formula is C13H21FN2O. The zero-order valence-electron chi connectivity index (χ0n) is 10.9. The monoisotopic (exact) mass is 240 g/mol. The Morgan fingerprint density at radius 1 is 1.24 bits per heavy atom. The molecule has 1 atom stereocenters. The average Bonchev–Trinajstić information content (AvgIpc) is 2.28. The number of halogens is 1. The van der Waals surface area contributed by atoms with Crippen LogP contribution in [-0.4, -0.2) is 49.1 Å². The molecule has 3 nitrogen and oxygen atoms in total. The van der Waals surface area contributed by atoms with Gasteiger partial charge in [0.1, 0.15) is 11.6 Å². The Kier molecular flexibility index (Phi) is 4.90. The lowest BCUT2D eigenvalue weighted by Gasteiger charge is -2.26. The van der Waals surface area contributed by atoms with E-state index in [9.17, 15) is 9.50 Å². The van der Waals surface area contributed by atoms with Crippen molar-refractivity contribution >= 4 is 0 Å². The second-order valence-electron chi connectivity index (χ2n) is 4.66. The topological polar surface area (TPSA) is 26.7 Å². The molecule has 0 heterocycles. The fourth-order valence-corrected chi connectivity index (χ4v) is 1.65. The zero-order valence-corrected chi connectivity index (χ0v) is 10.9. The van der Waals surface area contributed by atoms with Crippen LogP contribution in [-0.2, 0) is 0 Å². The second-order valence-corrected chi connectivity index (χ2v) is 4.66. The van der Waals surface area contributed by atoms with Crippen molar-refractivity contribution < 1.29 is 9.50 Å². The van der Waals surface area contributed by atoms with E-state index in [1.165, 1.54) is 18.2 Å². The van der Waals surface area contributed by atoms with Crippen molar-refractivity contribution in [1.29, 1.82) is 0 Å². The van der Waals surface area contributed by atoms with Gasteiger partial charge in [-0.15, -0.1) is 0 Å². The Balaban J connectivity index is 2.74. The maximum absolute atomic E-state index is 13.1. The quantitative estimate of drug-likeness (QED) is 0.853. The summed E-state index contributed by atoms with van der Waals surface area (Å²) >= 11 is 0. The first-order valence-electron chi connectivity index (χ1n) is 5.75. The molecule has 1 N–H and O–H groups in total. The molecule has 0 bridgehead atoms. The maximum atomic E-state index is 13.1. The summed E-state index contributed by atoms with van der Waals surface area (Å²) in [7, 11) is 5.99. The largest absolute Gasteiger partial charge is 0.508 e. The van der Waals surface area contributed by atoms with E-state index in [2.05, 4.69) is 9.80 Å². The van der Waals surface area contributed by atoms with Crippen LogP contribution in [0.4, 0.5) is 4.39 Å². The van der Waals surface area contributed by atoms with Crippen molar-refractivity contribution in [3.05, 3.63) is 29.6 Å². The number of likely N-dealkylation sites (N-methyl/N-ethyl adjacent to an activating group) is 2. The number of hydrogen-bond acceptors (Lipinski definition) is 3. The number of phenols is 1. The van der Waals surface area contributed by atoms with Crippen LogP contribution in [0.5, 0.6) is 5.75 Å². The Bertz CT molecular complexity index is 368. The molecule has 0 aliphatic carbocycles. The van der Waals surface area contributed by atoms with Crippen LogP contribution < -0.4 is 0 Å². The lowest BCUT2D eigenvalue weighted by molar-refractivity contribution is 0.227. The molecule has 0 amide bonds. The van der Waals surface area contributed by atoms with Gasteiger partial charge in [0.25, 0.3) is 0 Å². The van der Waals surface area contributed by atoms with Crippen LogP contribution >= 0.6 is 0 Å². The average molecular weight is 240 g/mol. The van der Waals surface area contributed by atoms with Crippen LogP contribution in [0, 0.1) is 5.82 Å². The number of benzene rings is 1. The molecule has 0 aliphatic rings. The Labute approximate surface area is 102 Å². The van der Waals surface area contributed by atoms with Crippen molar-refractivity contribution in [3.8, 4) is 5.75 Å². The molecule has 0 aromatic heterocycles. The summed E-state index contributed by atoms with van der Waals surface area (Å²) in [6.07, 6.45) is 0. The lowest BCUT2D eigenvalue weighted by Crippen LogP contribution is -2.30. The third kappa shape index (κ3) is 3.98. The van der Waals surface area contributed by atoms with Gasteiger partial charge in [-0.05, 0) is 46.3 Å². The number of hydrogen-bond donors (Lipinski definition) is 1. The van der Waals surface area contributed by atoms with E-state index in [1.54, 1.807) is 0 Å². The molecule has 1 aromatic carbocycles. The molecule has 0 fully saturated rings. The van der Waals surface area contributed by atoms with Gasteiger partial charge in [0.2, 0.25) is 0 Å². The van der Waals surface area contributed by atoms with Crippen LogP contribution in [0.25, 0.3) is 0 Å². The Hall–Kier alpha value is -1.13. The highest BCUT2D eigenvalue weighted by Gasteiger charge is 2.15. The Morgan fingerprint density at radius 2 is 1.88 bits per heavy atom. The van der Waals surface area contributed by atoms with E-state index in [-0.39, 0.29) is 17.6 Å². The summed E-state index contributed by atoms with van der Waals surface area (Å²) < 4.78 is 13.1. The first-order valence-corrected chi connectivity index (χ1v) is 5.75. The van der Waals surface area contributed by atoms with Gasteiger partial charge in [0, 0.05) is 24.7 Å². The van der Waals surface area contributed by atoms with Gasteiger partial charge in [0.05, 0.1) is 0 Å². The molecule has 1 aromatic rings. The van der Waals surface area contributed by atoms with Crippen molar-refractivity contribution in [2.45, 2.75) is 13.0 Å². The molecule has 0 saturated heterocycles. The van der Waals surface area contributed by atoms with E-state index in [0.717, 1.165) is 13.1 Å². The first kappa shape index (κ1) is 13.9. The molecule has 17 heavy (non-hydrogen) atoms. The van der Waals surface area contributed by atoms with Crippen molar-refractivity contribution in [2.24, 2.45) is 0 Å². The minimum Gasteiger partial charge on any atom is -0.508 e. The standard InChI is InChI=1S/C13H21FN2O/c1-10(16(4)8-7-15(2)3)12-9-11(14)5-6-13(12)17/h5-6,9-10,17H,7-8H2,1-4H3. The summed E-state index contributed by atoms with van der Waals surface area (Å²) in [4.78, 5) is 4.18. The van der Waals surface area contributed by atoms with Gasteiger partial charge in [0.15, 0.2) is 0 Å². The van der Waals surface area contributed by atoms with E-state index in [0.29, 0.717) is 5.56 Å². The van der Waals surface area contributed by atoms with Gasteiger partial charge in [-0.3, -0.25) is 4.90 Å². The predicted molar refractivity (Wildman–Crippen MR) is 67.7 cm³/mol. The first-order chi connectivity index (χ1) is 7.91. The smallest absolute Gasteiger partial charge is 0.123 e. The lowest BCUT2D eigenvalue weighted by atomic mass is 10.1. The summed E-state index contributed by atoms with van der Waals surface area (Å²) in [6, 6.07) is 4.06. The van der Waals surface area contributed by atoms with Crippen molar-refractivity contribution in [1.82, 2.24) is 9.80 Å². The highest BCUT2D eigenvalue weighted by Crippen LogP contribution is 2.27. The van der Waals surface area contributed by atoms with E-state index >= 15 is 0 Å². The Morgan fingerprint density at radius 3 is 2.47 bits per heavy atom. The summed E-state index contributed by atoms with van der Waals surface area (Å²) in [6.45, 7) is 3.76. The van der Waals surface area contributed by atoms with Crippen LogP contribution in [0.1, 0.15) is 18.5 Å². The molecule has 0 saturated carbocycles. The van der Waals surface area contributed by atoms with Gasteiger partial charge in [-0.2, -0.15) is 0 Å². The number of rotatable bonds is 5. The van der Waals surface area contributed by atoms with Gasteiger partial charge >= 0.3 is 0 Å². The van der Waals surface area contributed by atoms with Crippen LogP contribution in [0.15, 0.2) is 18.2 Å². The molecule has 0 radical (unpaired) electrons. The number of aromatic hydroxyl groups is 1. The number of phenolic OH excluding ortho intramolecular Hbond substituents is 1. The summed E-state index contributed by atoms with van der Waals surface area (Å²) in [5.74, 6) is -0.165. The van der Waals surface area contributed by atoms with Gasteiger partial charge in [-0.1, -0.05) is 0 Å². The zero-order chi connectivity index (χ0) is 13.0. The molecule has 1 unspecified atom stereocenters. The third-order valence-electron chi connectivity index (χ3n) is 3.00. The molecule has 1 rings (SSSR count). The predicted octanol–water partition coefficient (Wildman–Crippen LogP) is 2.09. The van der Waals surface area contributed by atoms with Crippen molar-refractivity contribution in [2.75, 3.05) is 34.2 Å². The maximum Gasteiger partial charge on any atom is 0.123 e. The van der Waals surface area contributed by atoms with E-state index < -0.39 is 0 Å². The highest BCUT2D eigenvalue weighted by molar-refractivity contribution is 5.34.